The number of nitrogens with zero attached hydrogens (tertiary/aromatic N) is 1. The highest BCUT2D eigenvalue weighted by molar-refractivity contribution is 7.90. The lowest BCUT2D eigenvalue weighted by Crippen LogP contribution is -2.42. The summed E-state index contributed by atoms with van der Waals surface area (Å²) >= 11 is 0. The molecule has 3 amide bonds. The summed E-state index contributed by atoms with van der Waals surface area (Å²) in [5.74, 6) is -1.98. The van der Waals surface area contributed by atoms with Crippen molar-refractivity contribution in [3.63, 3.8) is 0 Å². The van der Waals surface area contributed by atoms with Crippen LogP contribution in [0.15, 0.2) is 42.5 Å². The van der Waals surface area contributed by atoms with Crippen LogP contribution in [-0.4, -0.2) is 37.4 Å². The summed E-state index contributed by atoms with van der Waals surface area (Å²) in [5.41, 5.74) is -0.462. The minimum atomic E-state index is -4.55. The molecule has 1 fully saturated rings. The Morgan fingerprint density at radius 1 is 0.946 bits per heavy atom. The molecule has 2 aromatic carbocycles. The number of halogens is 3. The Morgan fingerprint density at radius 2 is 1.54 bits per heavy atom. The van der Waals surface area contributed by atoms with E-state index in [1.165, 1.54) is 18.2 Å². The lowest BCUT2D eigenvalue weighted by atomic mass is 9.86. The zero-order valence-corrected chi connectivity index (χ0v) is 20.9. The second-order valence-corrected chi connectivity index (χ2v) is 11.8. The lowest BCUT2D eigenvalue weighted by molar-refractivity contribution is -0.137. The summed E-state index contributed by atoms with van der Waals surface area (Å²) < 4.78 is 65.4. The van der Waals surface area contributed by atoms with Gasteiger partial charge < -0.3 is 5.32 Å². The predicted molar refractivity (Wildman–Crippen MR) is 131 cm³/mol. The Kier molecular flexibility index (Phi) is 7.17. The Labute approximate surface area is 212 Å². The molecule has 12 heteroatoms. The summed E-state index contributed by atoms with van der Waals surface area (Å²) in [7, 11) is -3.40. The molecule has 4 rings (SSSR count). The van der Waals surface area contributed by atoms with Gasteiger partial charge in [0.25, 0.3) is 11.8 Å². The molecule has 1 aliphatic heterocycles. The van der Waals surface area contributed by atoms with Gasteiger partial charge in [0.2, 0.25) is 15.9 Å². The lowest BCUT2D eigenvalue weighted by Gasteiger charge is -2.28. The third kappa shape index (κ3) is 5.54. The zero-order chi connectivity index (χ0) is 27.1. The fourth-order valence-electron chi connectivity index (χ4n) is 4.44. The Balaban J connectivity index is 1.41. The van der Waals surface area contributed by atoms with E-state index in [1.54, 1.807) is 13.8 Å². The van der Waals surface area contributed by atoms with Crippen LogP contribution < -0.4 is 14.9 Å². The van der Waals surface area contributed by atoms with Crippen LogP contribution in [-0.2, 0) is 21.0 Å². The SMILES string of the molecule is CC(C)S(=O)(=O)N[C@H]1CC[C@H](C(=O)Nc2ccc3c(c2)C(=O)N(c2ccc(C(F)(F)F)cc2)C3=O)CC1. The average Bonchev–Trinajstić information content (AvgIpc) is 3.08. The summed E-state index contributed by atoms with van der Waals surface area (Å²) in [6, 6.07) is 7.75. The van der Waals surface area contributed by atoms with Gasteiger partial charge in [-0.15, -0.1) is 0 Å². The molecule has 2 N–H and O–H groups in total. The van der Waals surface area contributed by atoms with Crippen molar-refractivity contribution in [2.24, 2.45) is 5.92 Å². The number of benzene rings is 2. The van der Waals surface area contributed by atoms with Crippen molar-refractivity contribution in [1.29, 1.82) is 0 Å². The Morgan fingerprint density at radius 3 is 2.11 bits per heavy atom. The normalized spacial score (nSPS) is 20.3. The van der Waals surface area contributed by atoms with Crippen molar-refractivity contribution in [2.45, 2.75) is 57.0 Å². The highest BCUT2D eigenvalue weighted by Crippen LogP contribution is 2.34. The first kappa shape index (κ1) is 26.8. The molecule has 0 atom stereocenters. The summed E-state index contributed by atoms with van der Waals surface area (Å²) in [4.78, 5) is 39.3. The van der Waals surface area contributed by atoms with Crippen LogP contribution in [0.1, 0.15) is 65.8 Å². The quantitative estimate of drug-likeness (QED) is 0.533. The highest BCUT2D eigenvalue weighted by Gasteiger charge is 2.38. The Bertz CT molecular complexity index is 1330. The van der Waals surface area contributed by atoms with Crippen LogP contribution in [0.2, 0.25) is 0 Å². The van der Waals surface area contributed by atoms with E-state index in [9.17, 15) is 36.0 Å². The van der Waals surface area contributed by atoms with Crippen LogP contribution >= 0.6 is 0 Å². The second kappa shape index (κ2) is 9.90. The highest BCUT2D eigenvalue weighted by atomic mass is 32.2. The number of rotatable bonds is 6. The van der Waals surface area contributed by atoms with E-state index in [1.807, 2.05) is 0 Å². The predicted octanol–water partition coefficient (Wildman–Crippen LogP) is 4.33. The topological polar surface area (TPSA) is 113 Å². The third-order valence-corrected chi connectivity index (χ3v) is 8.56. The molecule has 1 aliphatic carbocycles. The fraction of sp³-hybridized carbons (Fsp3) is 0.400. The minimum absolute atomic E-state index is 0.00892. The molecule has 1 heterocycles. The molecular formula is C25H26F3N3O5S. The second-order valence-electron chi connectivity index (χ2n) is 9.50. The van der Waals surface area contributed by atoms with Crippen LogP contribution in [0.3, 0.4) is 0 Å². The van der Waals surface area contributed by atoms with Gasteiger partial charge in [-0.05, 0) is 82.0 Å². The summed E-state index contributed by atoms with van der Waals surface area (Å²) in [5, 5.41) is 2.21. The number of carbonyl (C=O) groups excluding carboxylic acids is 3. The van der Waals surface area contributed by atoms with Crippen molar-refractivity contribution in [1.82, 2.24) is 4.72 Å². The first-order valence-electron chi connectivity index (χ1n) is 11.8. The van der Waals surface area contributed by atoms with Crippen molar-refractivity contribution in [3.05, 3.63) is 59.2 Å². The molecule has 198 valence electrons. The number of fused-ring (bicyclic) bond motifs is 1. The minimum Gasteiger partial charge on any atom is -0.326 e. The molecule has 0 saturated heterocycles. The van der Waals surface area contributed by atoms with Crippen LogP contribution in [0.25, 0.3) is 0 Å². The molecule has 2 aromatic rings. The number of hydrogen-bond donors (Lipinski definition) is 2. The van der Waals surface area contributed by atoms with Crippen molar-refractivity contribution >= 4 is 39.1 Å². The van der Waals surface area contributed by atoms with Gasteiger partial charge in [0.1, 0.15) is 0 Å². The van der Waals surface area contributed by atoms with Gasteiger partial charge in [0.15, 0.2) is 0 Å². The Hall–Kier alpha value is -3.25. The maximum Gasteiger partial charge on any atom is 0.416 e. The van der Waals surface area contributed by atoms with E-state index in [2.05, 4.69) is 10.0 Å². The van der Waals surface area contributed by atoms with Crippen LogP contribution in [0.5, 0.6) is 0 Å². The zero-order valence-electron chi connectivity index (χ0n) is 20.1. The number of carbonyl (C=O) groups is 3. The number of imide groups is 1. The van der Waals surface area contributed by atoms with E-state index in [-0.39, 0.29) is 34.7 Å². The van der Waals surface area contributed by atoms with Crippen LogP contribution in [0.4, 0.5) is 24.5 Å². The van der Waals surface area contributed by atoms with Gasteiger partial charge in [0, 0.05) is 17.6 Å². The van der Waals surface area contributed by atoms with Crippen molar-refractivity contribution in [3.8, 4) is 0 Å². The van der Waals surface area contributed by atoms with Gasteiger partial charge in [-0.2, -0.15) is 13.2 Å². The molecule has 0 radical (unpaired) electrons. The smallest absolute Gasteiger partial charge is 0.326 e. The molecule has 1 saturated carbocycles. The summed E-state index contributed by atoms with van der Waals surface area (Å²) in [6.45, 7) is 3.19. The fourth-order valence-corrected chi connectivity index (χ4v) is 5.41. The van der Waals surface area contributed by atoms with Crippen molar-refractivity contribution < 1.29 is 36.0 Å². The maximum absolute atomic E-state index is 12.9. The third-order valence-electron chi connectivity index (χ3n) is 6.66. The number of amides is 3. The molecule has 37 heavy (non-hydrogen) atoms. The van der Waals surface area contributed by atoms with E-state index in [0.29, 0.717) is 31.4 Å². The number of hydrogen-bond acceptors (Lipinski definition) is 5. The van der Waals surface area contributed by atoms with E-state index < -0.39 is 38.8 Å². The molecule has 0 bridgehead atoms. The van der Waals surface area contributed by atoms with Crippen LogP contribution in [0, 0.1) is 5.92 Å². The van der Waals surface area contributed by atoms with Gasteiger partial charge in [-0.1, -0.05) is 0 Å². The number of anilines is 2. The molecule has 0 spiro atoms. The molecule has 0 unspecified atom stereocenters. The first-order valence-corrected chi connectivity index (χ1v) is 13.3. The van der Waals surface area contributed by atoms with Gasteiger partial charge in [-0.3, -0.25) is 14.4 Å². The van der Waals surface area contributed by atoms with E-state index >= 15 is 0 Å². The average molecular weight is 538 g/mol. The molecule has 0 aromatic heterocycles. The summed E-state index contributed by atoms with van der Waals surface area (Å²) in [6.07, 6.45) is -2.54. The van der Waals surface area contributed by atoms with Crippen molar-refractivity contribution in [2.75, 3.05) is 10.2 Å². The standard InChI is InChI=1S/C25H26F3N3O5S/c1-14(2)37(35,36)30-17-7-3-15(4-8-17)22(32)29-18-9-12-20-21(13-18)24(34)31(23(20)33)19-10-5-16(6-11-19)25(26,27)28/h5-6,9-15,17,30H,3-4,7-8H2,1-2H3,(H,29,32)/t15-,17-. The first-order chi connectivity index (χ1) is 17.3. The number of alkyl halides is 3. The van der Waals surface area contributed by atoms with E-state index in [0.717, 1.165) is 29.2 Å². The van der Waals surface area contributed by atoms with Gasteiger partial charge in [-0.25, -0.2) is 18.0 Å². The largest absolute Gasteiger partial charge is 0.416 e. The van der Waals surface area contributed by atoms with Gasteiger partial charge >= 0.3 is 6.18 Å². The molecular weight excluding hydrogens is 511 g/mol. The maximum atomic E-state index is 12.9. The number of nitrogens with one attached hydrogen (secondary N) is 2. The van der Waals surface area contributed by atoms with Gasteiger partial charge in [0.05, 0.1) is 27.6 Å². The number of sulfonamides is 1. The molecule has 2 aliphatic rings. The monoisotopic (exact) mass is 537 g/mol. The van der Waals surface area contributed by atoms with E-state index in [4.69, 9.17) is 0 Å². The molecule has 8 nitrogen and oxygen atoms in total.